The zero-order valence-electron chi connectivity index (χ0n) is 15.2. The van der Waals surface area contributed by atoms with Crippen molar-refractivity contribution in [2.45, 2.75) is 38.5 Å². The van der Waals surface area contributed by atoms with Crippen molar-refractivity contribution < 1.29 is 9.53 Å². The highest BCUT2D eigenvalue weighted by Crippen LogP contribution is 2.29. The molecule has 1 saturated heterocycles. The van der Waals surface area contributed by atoms with Crippen LogP contribution in [0.15, 0.2) is 42.5 Å². The van der Waals surface area contributed by atoms with Gasteiger partial charge in [-0.1, -0.05) is 12.1 Å². The standard InChI is InChI=1S/C22H26N2O2/c25-22(16-26-21-9-5-7-17-6-1-2-8-20(17)21)23-18-10-12-19(13-11-18)24-14-3-4-15-24/h5,7,9-13H,1-4,6,8,14-16H2,(H,23,25). The van der Waals surface area contributed by atoms with Gasteiger partial charge in [0, 0.05) is 24.5 Å². The Morgan fingerprint density at radius 3 is 2.54 bits per heavy atom. The topological polar surface area (TPSA) is 41.6 Å². The molecule has 4 heteroatoms. The second kappa shape index (κ2) is 7.81. The smallest absolute Gasteiger partial charge is 0.262 e. The molecule has 2 aromatic rings. The van der Waals surface area contributed by atoms with Gasteiger partial charge in [-0.25, -0.2) is 0 Å². The first kappa shape index (κ1) is 17.0. The molecule has 0 aromatic heterocycles. The van der Waals surface area contributed by atoms with Crippen LogP contribution in [0.5, 0.6) is 5.75 Å². The molecule has 1 heterocycles. The van der Waals surface area contributed by atoms with E-state index in [1.165, 1.54) is 42.5 Å². The summed E-state index contributed by atoms with van der Waals surface area (Å²) in [6, 6.07) is 14.3. The fraction of sp³-hybridized carbons (Fsp3) is 0.409. The van der Waals surface area contributed by atoms with Gasteiger partial charge in [0.25, 0.3) is 5.91 Å². The van der Waals surface area contributed by atoms with E-state index in [2.05, 4.69) is 28.4 Å². The van der Waals surface area contributed by atoms with Crippen LogP contribution in [0.4, 0.5) is 11.4 Å². The van der Waals surface area contributed by atoms with Gasteiger partial charge >= 0.3 is 0 Å². The molecule has 1 amide bonds. The lowest BCUT2D eigenvalue weighted by Gasteiger charge is -2.19. The Morgan fingerprint density at radius 1 is 0.962 bits per heavy atom. The minimum absolute atomic E-state index is 0.0460. The summed E-state index contributed by atoms with van der Waals surface area (Å²) in [5, 5.41) is 2.93. The number of hydrogen-bond donors (Lipinski definition) is 1. The van der Waals surface area contributed by atoms with Crippen LogP contribution in [0.3, 0.4) is 0 Å². The molecule has 26 heavy (non-hydrogen) atoms. The third-order valence-corrected chi connectivity index (χ3v) is 5.33. The van der Waals surface area contributed by atoms with E-state index in [9.17, 15) is 4.79 Å². The first-order valence-corrected chi connectivity index (χ1v) is 9.68. The molecule has 0 atom stereocenters. The van der Waals surface area contributed by atoms with Crippen LogP contribution in [0.2, 0.25) is 0 Å². The summed E-state index contributed by atoms with van der Waals surface area (Å²) in [5.74, 6) is 0.745. The third kappa shape index (κ3) is 3.85. The highest BCUT2D eigenvalue weighted by atomic mass is 16.5. The van der Waals surface area contributed by atoms with Gasteiger partial charge < -0.3 is 15.0 Å². The number of nitrogens with zero attached hydrogens (tertiary/aromatic N) is 1. The number of fused-ring (bicyclic) bond motifs is 1. The van der Waals surface area contributed by atoms with Crippen molar-refractivity contribution in [3.05, 3.63) is 53.6 Å². The van der Waals surface area contributed by atoms with E-state index < -0.39 is 0 Å². The number of carbonyl (C=O) groups is 1. The van der Waals surface area contributed by atoms with Crippen molar-refractivity contribution >= 4 is 17.3 Å². The summed E-state index contributed by atoms with van der Waals surface area (Å²) in [6.07, 6.45) is 7.12. The van der Waals surface area contributed by atoms with E-state index in [-0.39, 0.29) is 12.5 Å². The van der Waals surface area contributed by atoms with Gasteiger partial charge in [0.05, 0.1) is 0 Å². The number of aryl methyl sites for hydroxylation is 1. The second-order valence-electron chi connectivity index (χ2n) is 7.18. The minimum atomic E-state index is -0.118. The summed E-state index contributed by atoms with van der Waals surface area (Å²) < 4.78 is 5.82. The monoisotopic (exact) mass is 350 g/mol. The van der Waals surface area contributed by atoms with E-state index in [4.69, 9.17) is 4.74 Å². The lowest BCUT2D eigenvalue weighted by Crippen LogP contribution is -2.21. The van der Waals surface area contributed by atoms with Crippen LogP contribution in [-0.2, 0) is 17.6 Å². The molecule has 1 aliphatic heterocycles. The molecule has 136 valence electrons. The van der Waals surface area contributed by atoms with E-state index in [0.29, 0.717) is 0 Å². The molecule has 1 aliphatic carbocycles. The van der Waals surface area contributed by atoms with Crippen LogP contribution in [0, 0.1) is 0 Å². The number of anilines is 2. The van der Waals surface area contributed by atoms with Crippen molar-refractivity contribution in [3.63, 3.8) is 0 Å². The Kier molecular flexibility index (Phi) is 5.09. The van der Waals surface area contributed by atoms with Gasteiger partial charge in [0.15, 0.2) is 6.61 Å². The summed E-state index contributed by atoms with van der Waals surface area (Å²) in [6.45, 7) is 2.30. The van der Waals surface area contributed by atoms with Gasteiger partial charge in [-0.3, -0.25) is 4.79 Å². The molecule has 2 aromatic carbocycles. The van der Waals surface area contributed by atoms with E-state index >= 15 is 0 Å². The number of ether oxygens (including phenoxy) is 1. The Balaban J connectivity index is 1.33. The van der Waals surface area contributed by atoms with Gasteiger partial charge in [0.1, 0.15) is 5.75 Å². The van der Waals surface area contributed by atoms with Gasteiger partial charge in [-0.15, -0.1) is 0 Å². The highest BCUT2D eigenvalue weighted by Gasteiger charge is 2.15. The number of carbonyl (C=O) groups excluding carboxylic acids is 1. The zero-order chi connectivity index (χ0) is 17.8. The quantitative estimate of drug-likeness (QED) is 0.879. The predicted molar refractivity (Wildman–Crippen MR) is 105 cm³/mol. The van der Waals surface area contributed by atoms with Crippen molar-refractivity contribution in [2.24, 2.45) is 0 Å². The molecule has 0 unspecified atom stereocenters. The normalized spacial score (nSPS) is 16.2. The molecule has 4 nitrogen and oxygen atoms in total. The maximum atomic E-state index is 12.2. The molecule has 0 saturated carbocycles. The average molecular weight is 350 g/mol. The Bertz CT molecular complexity index is 764. The van der Waals surface area contributed by atoms with Crippen molar-refractivity contribution in [1.82, 2.24) is 0 Å². The summed E-state index contributed by atoms with van der Waals surface area (Å²) >= 11 is 0. The van der Waals surface area contributed by atoms with Crippen LogP contribution in [0.25, 0.3) is 0 Å². The summed E-state index contributed by atoms with van der Waals surface area (Å²) in [4.78, 5) is 14.6. The molecule has 4 rings (SSSR count). The SMILES string of the molecule is O=C(COc1cccc2c1CCCC2)Nc1ccc(N2CCCC2)cc1. The first-order valence-electron chi connectivity index (χ1n) is 9.68. The van der Waals surface area contributed by atoms with Crippen LogP contribution in [0.1, 0.15) is 36.8 Å². The maximum absolute atomic E-state index is 12.2. The lowest BCUT2D eigenvalue weighted by molar-refractivity contribution is -0.118. The molecular formula is C22H26N2O2. The highest BCUT2D eigenvalue weighted by molar-refractivity contribution is 5.92. The largest absolute Gasteiger partial charge is 0.483 e. The van der Waals surface area contributed by atoms with Gasteiger partial charge in [-0.2, -0.15) is 0 Å². The number of amides is 1. The molecule has 0 radical (unpaired) electrons. The molecule has 1 N–H and O–H groups in total. The third-order valence-electron chi connectivity index (χ3n) is 5.33. The number of nitrogens with one attached hydrogen (secondary N) is 1. The van der Waals surface area contributed by atoms with Crippen LogP contribution < -0.4 is 15.0 Å². The molecule has 0 spiro atoms. The minimum Gasteiger partial charge on any atom is -0.483 e. The Hall–Kier alpha value is -2.49. The summed E-state index contributed by atoms with van der Waals surface area (Å²) in [7, 11) is 0. The fourth-order valence-corrected chi connectivity index (χ4v) is 3.95. The number of hydrogen-bond acceptors (Lipinski definition) is 3. The molecule has 1 fully saturated rings. The Labute approximate surface area is 155 Å². The molecular weight excluding hydrogens is 324 g/mol. The van der Waals surface area contributed by atoms with E-state index in [0.717, 1.165) is 37.4 Å². The zero-order valence-corrected chi connectivity index (χ0v) is 15.2. The van der Waals surface area contributed by atoms with Gasteiger partial charge in [-0.05, 0) is 80.0 Å². The number of benzene rings is 2. The summed E-state index contributed by atoms with van der Waals surface area (Å²) in [5.41, 5.74) is 4.69. The van der Waals surface area contributed by atoms with Crippen molar-refractivity contribution in [1.29, 1.82) is 0 Å². The van der Waals surface area contributed by atoms with E-state index in [1.807, 2.05) is 24.3 Å². The lowest BCUT2D eigenvalue weighted by atomic mass is 9.91. The number of rotatable bonds is 5. The van der Waals surface area contributed by atoms with Crippen molar-refractivity contribution in [2.75, 3.05) is 29.9 Å². The fourth-order valence-electron chi connectivity index (χ4n) is 3.95. The molecule has 2 aliphatic rings. The first-order chi connectivity index (χ1) is 12.8. The van der Waals surface area contributed by atoms with Crippen molar-refractivity contribution in [3.8, 4) is 5.75 Å². The maximum Gasteiger partial charge on any atom is 0.262 e. The predicted octanol–water partition coefficient (Wildman–Crippen LogP) is 4.18. The average Bonchev–Trinajstić information content (AvgIpc) is 3.22. The molecule has 0 bridgehead atoms. The van der Waals surface area contributed by atoms with E-state index in [1.54, 1.807) is 0 Å². The van der Waals surface area contributed by atoms with Gasteiger partial charge in [0.2, 0.25) is 0 Å². The second-order valence-corrected chi connectivity index (χ2v) is 7.18. The van der Waals surface area contributed by atoms with Crippen LogP contribution >= 0.6 is 0 Å². The van der Waals surface area contributed by atoms with Crippen LogP contribution in [-0.4, -0.2) is 25.6 Å². The Morgan fingerprint density at radius 2 is 1.73 bits per heavy atom.